The summed E-state index contributed by atoms with van der Waals surface area (Å²) in [5.74, 6) is -0.593. The maximum atomic E-state index is 10.0. The Morgan fingerprint density at radius 2 is 2.43 bits per heavy atom. The molecule has 0 heterocycles. The zero-order valence-corrected chi connectivity index (χ0v) is 5.76. The van der Waals surface area contributed by atoms with Gasteiger partial charge in [-0.3, -0.25) is 0 Å². The van der Waals surface area contributed by atoms with Gasteiger partial charge in [-0.1, -0.05) is 0 Å². The molecular weight excluding hydrogens is 180 g/mol. The molecule has 0 aromatic carbocycles. The van der Waals surface area contributed by atoms with E-state index in [-0.39, 0.29) is 0 Å². The van der Waals surface area contributed by atoms with Crippen molar-refractivity contribution in [1.29, 1.82) is 0 Å². The zero-order chi connectivity index (χ0) is 5.86. The van der Waals surface area contributed by atoms with Crippen LogP contribution in [-0.2, 0) is 28.4 Å². The Bertz CT molecular complexity index is 70.6. The fraction of sp³-hybridized carbons (Fsp3) is 0.667. The Labute approximate surface area is 53.0 Å². The molecule has 7 heavy (non-hydrogen) atoms. The van der Waals surface area contributed by atoms with E-state index in [2.05, 4.69) is 3.39 Å². The number of aliphatic hydroxyl groups is 1. The van der Waals surface area contributed by atoms with Gasteiger partial charge in [-0.15, -0.1) is 0 Å². The van der Waals surface area contributed by atoms with Gasteiger partial charge >= 0.3 is 52.5 Å². The molecule has 0 aromatic heterocycles. The Morgan fingerprint density at radius 3 is 2.43 bits per heavy atom. The van der Waals surface area contributed by atoms with Gasteiger partial charge in [-0.2, -0.15) is 0 Å². The summed E-state index contributed by atoms with van der Waals surface area (Å²) in [6, 6.07) is 0. The molecule has 0 radical (unpaired) electrons. The quantitative estimate of drug-likeness (QED) is 0.553. The van der Waals surface area contributed by atoms with Crippen LogP contribution in [-0.4, -0.2) is 17.2 Å². The molecule has 0 aromatic rings. The predicted molar refractivity (Wildman–Crippen MR) is 17.8 cm³/mol. The van der Waals surface area contributed by atoms with Crippen molar-refractivity contribution in [2.24, 2.45) is 0 Å². The number of carbonyl (C=O) groups is 1. The molecule has 1 unspecified atom stereocenters. The van der Waals surface area contributed by atoms with Gasteiger partial charge in [0.25, 0.3) is 0 Å². The Kier molecular flexibility index (Phi) is 3.22. The summed E-state index contributed by atoms with van der Waals surface area (Å²) < 4.78 is 4.13. The number of rotatable bonds is 1. The van der Waals surface area contributed by atoms with Crippen LogP contribution >= 0.6 is 0 Å². The molecular formula is C3H5MoO3. The summed E-state index contributed by atoms with van der Waals surface area (Å²) in [5, 5.41) is 8.35. The van der Waals surface area contributed by atoms with Crippen molar-refractivity contribution in [2.75, 3.05) is 0 Å². The Balaban J connectivity index is 3.35. The van der Waals surface area contributed by atoms with Crippen LogP contribution in [0.3, 0.4) is 0 Å². The van der Waals surface area contributed by atoms with Crippen molar-refractivity contribution in [2.45, 2.75) is 13.0 Å². The summed E-state index contributed by atoms with van der Waals surface area (Å²) in [6.07, 6.45) is -0.993. The van der Waals surface area contributed by atoms with E-state index in [4.69, 9.17) is 5.11 Å². The van der Waals surface area contributed by atoms with Crippen LogP contribution in [0.25, 0.3) is 0 Å². The minimum atomic E-state index is -0.993. The topological polar surface area (TPSA) is 46.5 Å². The molecule has 1 atom stereocenters. The minimum absolute atomic E-state index is 0.593. The first-order valence-electron chi connectivity index (χ1n) is 1.70. The first-order chi connectivity index (χ1) is 3.18. The van der Waals surface area contributed by atoms with Crippen molar-refractivity contribution in [1.82, 2.24) is 0 Å². The summed E-state index contributed by atoms with van der Waals surface area (Å²) in [6.45, 7) is 1.35. The van der Waals surface area contributed by atoms with E-state index < -0.39 is 12.1 Å². The molecule has 0 fully saturated rings. The van der Waals surface area contributed by atoms with E-state index in [9.17, 15) is 4.79 Å². The molecule has 3 nitrogen and oxygen atoms in total. The van der Waals surface area contributed by atoms with Gasteiger partial charge in [0.1, 0.15) is 0 Å². The first kappa shape index (κ1) is 7.12. The summed E-state index contributed by atoms with van der Waals surface area (Å²) in [4.78, 5) is 10.0. The molecule has 0 spiro atoms. The second-order valence-corrected chi connectivity index (χ2v) is 1.49. The molecule has 41 valence electrons. The molecule has 0 bridgehead atoms. The van der Waals surface area contributed by atoms with Gasteiger partial charge in [-0.25, -0.2) is 0 Å². The van der Waals surface area contributed by atoms with Crippen molar-refractivity contribution in [3.05, 3.63) is 0 Å². The summed E-state index contributed by atoms with van der Waals surface area (Å²) in [5.41, 5.74) is 0. The zero-order valence-electron chi connectivity index (χ0n) is 3.75. The Morgan fingerprint density at radius 1 is 2.00 bits per heavy atom. The van der Waals surface area contributed by atoms with E-state index in [0.717, 1.165) is 0 Å². The van der Waals surface area contributed by atoms with Crippen LogP contribution in [0.4, 0.5) is 0 Å². The van der Waals surface area contributed by atoms with Crippen LogP contribution in [0.5, 0.6) is 0 Å². The fourth-order valence-corrected chi connectivity index (χ4v) is 0.412. The van der Waals surface area contributed by atoms with Crippen LogP contribution in [0.2, 0.25) is 0 Å². The first-order valence-corrected chi connectivity index (χ1v) is 2.52. The van der Waals surface area contributed by atoms with Gasteiger partial charge in [0.15, 0.2) is 0 Å². The van der Waals surface area contributed by atoms with Crippen LogP contribution in [0.1, 0.15) is 6.92 Å². The van der Waals surface area contributed by atoms with Crippen molar-refractivity contribution in [3.8, 4) is 0 Å². The van der Waals surface area contributed by atoms with Crippen molar-refractivity contribution >= 4 is 5.97 Å². The monoisotopic (exact) mass is 187 g/mol. The van der Waals surface area contributed by atoms with Gasteiger partial charge in [0.2, 0.25) is 0 Å². The number of hydrogen-bond donors (Lipinski definition) is 1. The average Bonchev–Trinajstić information content (AvgIpc) is 1.65. The third kappa shape index (κ3) is 2.77. The van der Waals surface area contributed by atoms with Crippen LogP contribution < -0.4 is 0 Å². The normalized spacial score (nSPS) is 12.9. The van der Waals surface area contributed by atoms with E-state index in [0.29, 0.717) is 0 Å². The number of aliphatic hydroxyl groups excluding tert-OH is 1. The second-order valence-electron chi connectivity index (χ2n) is 1.08. The Hall–Kier alpha value is 0.118. The van der Waals surface area contributed by atoms with E-state index in [1.165, 1.54) is 27.1 Å². The van der Waals surface area contributed by atoms with Crippen LogP contribution in [0.15, 0.2) is 0 Å². The number of hydrogen-bond acceptors (Lipinski definition) is 3. The fourth-order valence-electron chi connectivity index (χ4n) is 0.0696. The molecule has 0 saturated heterocycles. The van der Waals surface area contributed by atoms with Gasteiger partial charge in [0, 0.05) is 0 Å². The van der Waals surface area contributed by atoms with Gasteiger partial charge < -0.3 is 0 Å². The molecule has 1 N–H and O–H groups in total. The average molecular weight is 185 g/mol. The molecule has 0 aliphatic carbocycles. The third-order valence-electron chi connectivity index (χ3n) is 0.423. The standard InChI is InChI=1S/C3H6O3.Mo/c1-2(4)3(5)6;/h2,4H,1H3,(H,5,6);/q;+1/p-1. The van der Waals surface area contributed by atoms with Crippen LogP contribution in [0, 0.1) is 0 Å². The van der Waals surface area contributed by atoms with E-state index in [1.807, 2.05) is 0 Å². The van der Waals surface area contributed by atoms with E-state index >= 15 is 0 Å². The maximum absolute atomic E-state index is 10.0. The molecule has 0 aliphatic heterocycles. The SMILES string of the molecule is CC(O)C(=O)[O][Mo]. The molecule has 0 saturated carbocycles. The molecule has 4 heteroatoms. The van der Waals surface area contributed by atoms with Crippen molar-refractivity contribution in [3.63, 3.8) is 0 Å². The summed E-state index contributed by atoms with van der Waals surface area (Å²) >= 11 is 1.17. The number of carbonyl (C=O) groups excluding carboxylic acids is 1. The summed E-state index contributed by atoms with van der Waals surface area (Å²) in [7, 11) is 0. The van der Waals surface area contributed by atoms with E-state index in [1.54, 1.807) is 0 Å². The second kappa shape index (κ2) is 3.16. The van der Waals surface area contributed by atoms with Gasteiger partial charge in [-0.05, 0) is 0 Å². The molecule has 0 aliphatic rings. The van der Waals surface area contributed by atoms with Crippen molar-refractivity contribution < 1.29 is 33.5 Å². The predicted octanol–water partition coefficient (Wildman–Crippen LogP) is -0.628. The third-order valence-corrected chi connectivity index (χ3v) is 0.827. The molecule has 0 rings (SSSR count). The van der Waals surface area contributed by atoms with Gasteiger partial charge in [0.05, 0.1) is 0 Å². The molecule has 0 amide bonds.